The van der Waals surface area contributed by atoms with E-state index in [2.05, 4.69) is 34.4 Å². The summed E-state index contributed by atoms with van der Waals surface area (Å²) in [6.07, 6.45) is 1.89. The molecule has 11 nitrogen and oxygen atoms in total. The summed E-state index contributed by atoms with van der Waals surface area (Å²) in [6, 6.07) is 13.5. The van der Waals surface area contributed by atoms with Crippen LogP contribution in [-0.4, -0.2) is 90.1 Å². The van der Waals surface area contributed by atoms with Crippen molar-refractivity contribution in [2.75, 3.05) is 58.6 Å². The van der Waals surface area contributed by atoms with Gasteiger partial charge in [-0.25, -0.2) is 9.67 Å². The monoisotopic (exact) mass is 505 g/mol. The zero-order chi connectivity index (χ0) is 25.8. The van der Waals surface area contributed by atoms with E-state index in [-0.39, 0.29) is 17.6 Å². The number of methoxy groups -OCH3 is 2. The maximum absolute atomic E-state index is 13.0. The van der Waals surface area contributed by atoms with E-state index >= 15 is 0 Å². The number of nitrogens with zero attached hydrogens (tertiary/aromatic N) is 6. The Bertz CT molecular complexity index is 1370. The molecule has 0 atom stereocenters. The molecule has 1 aromatic carbocycles. The average Bonchev–Trinajstić information content (AvgIpc) is 3.57. The number of carbonyl (C=O) groups excluding carboxylic acids is 1. The second-order valence-corrected chi connectivity index (χ2v) is 8.97. The van der Waals surface area contributed by atoms with Crippen LogP contribution in [0.25, 0.3) is 22.7 Å². The van der Waals surface area contributed by atoms with Gasteiger partial charge in [-0.2, -0.15) is 14.7 Å². The van der Waals surface area contributed by atoms with Gasteiger partial charge in [-0.3, -0.25) is 4.79 Å². The van der Waals surface area contributed by atoms with Crippen molar-refractivity contribution in [1.29, 1.82) is 0 Å². The predicted molar refractivity (Wildman–Crippen MR) is 138 cm³/mol. The van der Waals surface area contributed by atoms with Crippen molar-refractivity contribution in [2.45, 2.75) is 13.0 Å². The van der Waals surface area contributed by atoms with Crippen LogP contribution in [0.2, 0.25) is 0 Å². The Hall–Kier alpha value is -3.80. The van der Waals surface area contributed by atoms with Crippen molar-refractivity contribution >= 4 is 17.4 Å². The highest BCUT2D eigenvalue weighted by Gasteiger charge is 2.22. The van der Waals surface area contributed by atoms with Gasteiger partial charge in [0, 0.05) is 51.2 Å². The highest BCUT2D eigenvalue weighted by molar-refractivity contribution is 5.93. The summed E-state index contributed by atoms with van der Waals surface area (Å²) < 4.78 is 19.4. The van der Waals surface area contributed by atoms with Gasteiger partial charge in [0.05, 0.1) is 38.2 Å². The van der Waals surface area contributed by atoms with Crippen LogP contribution in [0.4, 0.5) is 5.82 Å². The molecule has 0 saturated carbocycles. The summed E-state index contributed by atoms with van der Waals surface area (Å²) in [6.45, 7) is 5.36. The molecule has 3 aromatic heterocycles. The lowest BCUT2D eigenvalue weighted by Crippen LogP contribution is -2.41. The number of anilines is 1. The summed E-state index contributed by atoms with van der Waals surface area (Å²) in [5.41, 5.74) is 3.88. The minimum absolute atomic E-state index is 0.261. The quantitative estimate of drug-likeness (QED) is 0.369. The summed E-state index contributed by atoms with van der Waals surface area (Å²) in [7, 11) is 3.17. The molecule has 1 fully saturated rings. The number of carbonyl (C=O) groups is 1. The standard InChI is InChI=1S/C26H31N7O4/c1-18-5-4-6-19(13-18)21-7-8-32(29-21)23-15-25(31-9-11-37-12-10-31)33-24(28-23)14-22(30-33)26(34)27-20(16-35-2)17-36-3/h4-8,13-15,20H,9-12,16-17H2,1-3H3,(H,27,34). The first kappa shape index (κ1) is 24.9. The van der Waals surface area contributed by atoms with Gasteiger partial charge in [0.15, 0.2) is 17.2 Å². The number of nitrogens with one attached hydrogen (secondary N) is 1. The van der Waals surface area contributed by atoms with Crippen LogP contribution >= 0.6 is 0 Å². The number of ether oxygens (including phenoxy) is 3. The first-order valence-corrected chi connectivity index (χ1v) is 12.2. The lowest BCUT2D eigenvalue weighted by Gasteiger charge is -2.29. The first-order chi connectivity index (χ1) is 18.1. The van der Waals surface area contributed by atoms with Crippen molar-refractivity contribution in [3.05, 3.63) is 59.9 Å². The molecule has 37 heavy (non-hydrogen) atoms. The molecule has 0 bridgehead atoms. The lowest BCUT2D eigenvalue weighted by atomic mass is 10.1. The van der Waals surface area contributed by atoms with E-state index in [1.165, 1.54) is 5.56 Å². The Morgan fingerprint density at radius 3 is 2.59 bits per heavy atom. The molecule has 0 spiro atoms. The molecule has 0 aliphatic carbocycles. The Balaban J connectivity index is 1.52. The fourth-order valence-corrected chi connectivity index (χ4v) is 4.39. The number of hydrogen-bond acceptors (Lipinski definition) is 8. The van der Waals surface area contributed by atoms with E-state index in [0.29, 0.717) is 51.0 Å². The van der Waals surface area contributed by atoms with Gasteiger partial charge < -0.3 is 24.4 Å². The average molecular weight is 506 g/mol. The third-order valence-electron chi connectivity index (χ3n) is 6.17. The van der Waals surface area contributed by atoms with E-state index < -0.39 is 0 Å². The van der Waals surface area contributed by atoms with Crippen LogP contribution in [-0.2, 0) is 14.2 Å². The summed E-state index contributed by atoms with van der Waals surface area (Å²) in [5, 5.41) is 12.3. The van der Waals surface area contributed by atoms with Crippen LogP contribution in [0.1, 0.15) is 16.1 Å². The van der Waals surface area contributed by atoms with Crippen LogP contribution < -0.4 is 10.2 Å². The van der Waals surface area contributed by atoms with Crippen molar-refractivity contribution in [2.24, 2.45) is 0 Å². The Kier molecular flexibility index (Phi) is 7.45. The van der Waals surface area contributed by atoms with Gasteiger partial charge >= 0.3 is 0 Å². The molecule has 4 aromatic rings. The number of fused-ring (bicyclic) bond motifs is 1. The molecule has 0 radical (unpaired) electrons. The van der Waals surface area contributed by atoms with Crippen LogP contribution in [0, 0.1) is 6.92 Å². The molecule has 1 N–H and O–H groups in total. The zero-order valence-corrected chi connectivity index (χ0v) is 21.3. The fourth-order valence-electron chi connectivity index (χ4n) is 4.39. The maximum Gasteiger partial charge on any atom is 0.272 e. The van der Waals surface area contributed by atoms with Crippen LogP contribution in [0.5, 0.6) is 0 Å². The van der Waals surface area contributed by atoms with Gasteiger partial charge in [-0.1, -0.05) is 23.8 Å². The van der Waals surface area contributed by atoms with Gasteiger partial charge in [-0.05, 0) is 19.1 Å². The molecular weight excluding hydrogens is 474 g/mol. The smallest absolute Gasteiger partial charge is 0.272 e. The van der Waals surface area contributed by atoms with E-state index in [9.17, 15) is 4.79 Å². The number of benzene rings is 1. The first-order valence-electron chi connectivity index (χ1n) is 12.2. The second-order valence-electron chi connectivity index (χ2n) is 8.97. The molecule has 1 amide bonds. The number of rotatable bonds is 9. The Labute approximate surface area is 214 Å². The Morgan fingerprint density at radius 2 is 1.86 bits per heavy atom. The summed E-state index contributed by atoms with van der Waals surface area (Å²) in [4.78, 5) is 20.0. The number of morpholine rings is 1. The SMILES string of the molecule is COCC(COC)NC(=O)c1cc2nc(-n3ccc(-c4cccc(C)c4)n3)cc(N3CCOCC3)n2n1. The lowest BCUT2D eigenvalue weighted by molar-refractivity contribution is 0.0775. The number of hydrogen-bond donors (Lipinski definition) is 1. The van der Waals surface area contributed by atoms with Crippen molar-refractivity contribution in [3.63, 3.8) is 0 Å². The molecule has 11 heteroatoms. The molecule has 0 unspecified atom stereocenters. The minimum atomic E-state index is -0.320. The van der Waals surface area contributed by atoms with E-state index in [4.69, 9.17) is 24.3 Å². The molecule has 4 heterocycles. The largest absolute Gasteiger partial charge is 0.382 e. The maximum atomic E-state index is 13.0. The third-order valence-corrected chi connectivity index (χ3v) is 6.17. The summed E-state index contributed by atoms with van der Waals surface area (Å²) >= 11 is 0. The van der Waals surface area contributed by atoms with E-state index in [1.54, 1.807) is 29.5 Å². The van der Waals surface area contributed by atoms with Gasteiger partial charge in [-0.15, -0.1) is 0 Å². The van der Waals surface area contributed by atoms with Gasteiger partial charge in [0.1, 0.15) is 5.82 Å². The number of aryl methyl sites for hydroxylation is 1. The second kappa shape index (κ2) is 11.1. The number of aromatic nitrogens is 5. The molecule has 194 valence electrons. The van der Waals surface area contributed by atoms with Crippen LogP contribution in [0.3, 0.4) is 0 Å². The van der Waals surface area contributed by atoms with E-state index in [0.717, 1.165) is 17.1 Å². The van der Waals surface area contributed by atoms with Crippen LogP contribution in [0.15, 0.2) is 48.7 Å². The highest BCUT2D eigenvalue weighted by Crippen LogP contribution is 2.24. The molecule has 5 rings (SSSR count). The highest BCUT2D eigenvalue weighted by atomic mass is 16.5. The molecule has 1 aliphatic rings. The zero-order valence-electron chi connectivity index (χ0n) is 21.3. The topological polar surface area (TPSA) is 108 Å². The third kappa shape index (κ3) is 5.48. The van der Waals surface area contributed by atoms with E-state index in [1.807, 2.05) is 30.5 Å². The van der Waals surface area contributed by atoms with Crippen molar-refractivity contribution in [1.82, 2.24) is 29.7 Å². The molecule has 1 aliphatic heterocycles. The minimum Gasteiger partial charge on any atom is -0.382 e. The molecule has 1 saturated heterocycles. The van der Waals surface area contributed by atoms with Gasteiger partial charge in [0.25, 0.3) is 5.91 Å². The molecular formula is C26H31N7O4. The van der Waals surface area contributed by atoms with Gasteiger partial charge in [0.2, 0.25) is 0 Å². The number of amides is 1. The summed E-state index contributed by atoms with van der Waals surface area (Å²) in [5.74, 6) is 1.14. The van der Waals surface area contributed by atoms with Crippen molar-refractivity contribution < 1.29 is 19.0 Å². The fraction of sp³-hybridized carbons (Fsp3) is 0.385. The van der Waals surface area contributed by atoms with Crippen molar-refractivity contribution in [3.8, 4) is 17.1 Å². The predicted octanol–water partition coefficient (Wildman–Crippen LogP) is 2.12. The normalized spacial score (nSPS) is 14.0. The Morgan fingerprint density at radius 1 is 1.08 bits per heavy atom.